The fourth-order valence-corrected chi connectivity index (χ4v) is 5.57. The molecular formula is C32H34N2O7. The van der Waals surface area contributed by atoms with E-state index in [9.17, 15) is 19.2 Å². The summed E-state index contributed by atoms with van der Waals surface area (Å²) >= 11 is 0. The third-order valence-electron chi connectivity index (χ3n) is 7.77. The van der Waals surface area contributed by atoms with E-state index in [0.29, 0.717) is 11.1 Å². The molecule has 4 aromatic rings. The van der Waals surface area contributed by atoms with Crippen LogP contribution in [0.2, 0.25) is 0 Å². The zero-order valence-corrected chi connectivity index (χ0v) is 23.1. The molecular weight excluding hydrogens is 524 g/mol. The zero-order chi connectivity index (χ0) is 28.9. The van der Waals surface area contributed by atoms with Crippen LogP contribution in [0.25, 0.3) is 21.9 Å². The maximum Gasteiger partial charge on any atom is 0.339 e. The number of nitrogens with one attached hydrogen (secondary N) is 2. The van der Waals surface area contributed by atoms with Crippen molar-refractivity contribution in [1.29, 1.82) is 0 Å². The maximum atomic E-state index is 13.0. The Morgan fingerprint density at radius 3 is 2.51 bits per heavy atom. The van der Waals surface area contributed by atoms with Crippen molar-refractivity contribution in [2.24, 2.45) is 0 Å². The topological polar surface area (TPSA) is 139 Å². The van der Waals surface area contributed by atoms with Gasteiger partial charge in [0.15, 0.2) is 0 Å². The Labute approximate surface area is 236 Å². The van der Waals surface area contributed by atoms with Gasteiger partial charge in [0, 0.05) is 60.2 Å². The fraction of sp³-hybridized carbons (Fsp3) is 0.375. The Balaban J connectivity index is 1.30. The molecule has 41 heavy (non-hydrogen) atoms. The van der Waals surface area contributed by atoms with Crippen LogP contribution >= 0.6 is 0 Å². The van der Waals surface area contributed by atoms with Gasteiger partial charge in [0.05, 0.1) is 0 Å². The molecule has 3 N–H and O–H groups in total. The first-order valence-electron chi connectivity index (χ1n) is 14.1. The third kappa shape index (κ3) is 6.51. The molecule has 0 saturated carbocycles. The smallest absolute Gasteiger partial charge is 0.339 e. The number of benzene rings is 2. The number of aliphatic carboxylic acids is 1. The van der Waals surface area contributed by atoms with Gasteiger partial charge >= 0.3 is 11.6 Å². The van der Waals surface area contributed by atoms with Crippen LogP contribution in [0.1, 0.15) is 60.1 Å². The summed E-state index contributed by atoms with van der Waals surface area (Å²) in [4.78, 5) is 49.6. The molecule has 0 saturated heterocycles. The van der Waals surface area contributed by atoms with Gasteiger partial charge in [-0.05, 0) is 56.2 Å². The lowest BCUT2D eigenvalue weighted by Gasteiger charge is -2.19. The Kier molecular flexibility index (Phi) is 8.52. The lowest BCUT2D eigenvalue weighted by Crippen LogP contribution is -2.48. The van der Waals surface area contributed by atoms with Gasteiger partial charge in [0.25, 0.3) is 0 Å². The van der Waals surface area contributed by atoms with E-state index >= 15 is 0 Å². The van der Waals surface area contributed by atoms with Crippen molar-refractivity contribution in [2.45, 2.75) is 70.8 Å². The number of hydrogen-bond donors (Lipinski definition) is 3. The highest BCUT2D eigenvalue weighted by Gasteiger charge is 2.23. The molecule has 2 amide bonds. The van der Waals surface area contributed by atoms with Crippen LogP contribution in [-0.4, -0.2) is 35.5 Å². The van der Waals surface area contributed by atoms with E-state index in [2.05, 4.69) is 10.6 Å². The van der Waals surface area contributed by atoms with Crippen molar-refractivity contribution < 1.29 is 28.3 Å². The molecule has 0 radical (unpaired) electrons. The van der Waals surface area contributed by atoms with Crippen LogP contribution in [0.5, 0.6) is 0 Å². The zero-order valence-electron chi connectivity index (χ0n) is 23.1. The number of carbonyl (C=O) groups is 3. The predicted octanol–water partition coefficient (Wildman–Crippen LogP) is 4.37. The lowest BCUT2D eigenvalue weighted by molar-refractivity contribution is -0.137. The van der Waals surface area contributed by atoms with Crippen LogP contribution in [-0.2, 0) is 40.1 Å². The van der Waals surface area contributed by atoms with E-state index in [1.54, 1.807) is 6.07 Å². The summed E-state index contributed by atoms with van der Waals surface area (Å²) in [5.74, 6) is -0.684. The standard InChI is InChI=1S/C32H34N2O7/c1-19-21(32(39)41-27-18-28-24(17-23(19)27)22-10-5-6-11-26(22)40-28)13-14-29(35)34-25(16-20-8-3-2-4-9-20)31(38)33-15-7-12-30(36)37/h2-4,8-9,17-18,25H,5-7,10-16H2,1H3,(H,33,38)(H,34,35)(H,36,37)/t25-/m1/s1. The minimum Gasteiger partial charge on any atom is -0.481 e. The number of carbonyl (C=O) groups excluding carboxylic acids is 2. The van der Waals surface area contributed by atoms with Crippen molar-refractivity contribution in [3.8, 4) is 0 Å². The summed E-state index contributed by atoms with van der Waals surface area (Å²) in [6.07, 6.45) is 4.77. The van der Waals surface area contributed by atoms with Gasteiger partial charge in [-0.25, -0.2) is 4.79 Å². The second kappa shape index (κ2) is 12.4. The second-order valence-electron chi connectivity index (χ2n) is 10.6. The van der Waals surface area contributed by atoms with Crippen molar-refractivity contribution in [3.05, 3.63) is 80.9 Å². The van der Waals surface area contributed by atoms with E-state index in [1.807, 2.05) is 43.3 Å². The molecule has 0 fully saturated rings. The fourth-order valence-electron chi connectivity index (χ4n) is 5.57. The first-order valence-corrected chi connectivity index (χ1v) is 14.1. The van der Waals surface area contributed by atoms with Crippen molar-refractivity contribution in [3.63, 3.8) is 0 Å². The predicted molar refractivity (Wildman–Crippen MR) is 154 cm³/mol. The van der Waals surface area contributed by atoms with Crippen LogP contribution < -0.4 is 16.3 Å². The number of fused-ring (bicyclic) bond motifs is 4. The Bertz CT molecular complexity index is 1650. The van der Waals surface area contributed by atoms with E-state index in [-0.39, 0.29) is 50.5 Å². The first kappa shape index (κ1) is 28.1. The summed E-state index contributed by atoms with van der Waals surface area (Å²) in [6.45, 7) is 2.06. The van der Waals surface area contributed by atoms with E-state index in [4.69, 9.17) is 13.9 Å². The number of rotatable bonds is 11. The van der Waals surface area contributed by atoms with Gasteiger partial charge in [-0.1, -0.05) is 30.3 Å². The van der Waals surface area contributed by atoms with E-state index < -0.39 is 17.6 Å². The highest BCUT2D eigenvalue weighted by atomic mass is 16.4. The largest absolute Gasteiger partial charge is 0.481 e. The third-order valence-corrected chi connectivity index (χ3v) is 7.77. The average Bonchev–Trinajstić information content (AvgIpc) is 3.31. The van der Waals surface area contributed by atoms with Crippen LogP contribution in [0.4, 0.5) is 0 Å². The van der Waals surface area contributed by atoms with Gasteiger partial charge in [-0.3, -0.25) is 14.4 Å². The lowest BCUT2D eigenvalue weighted by atomic mass is 9.94. The molecule has 2 aromatic carbocycles. The van der Waals surface area contributed by atoms with Crippen molar-refractivity contribution in [2.75, 3.05) is 6.54 Å². The summed E-state index contributed by atoms with van der Waals surface area (Å²) in [5.41, 5.74) is 4.00. The number of aryl methyl sites for hydroxylation is 3. The maximum absolute atomic E-state index is 13.0. The molecule has 1 aliphatic rings. The number of amides is 2. The number of furan rings is 1. The second-order valence-corrected chi connectivity index (χ2v) is 10.6. The van der Waals surface area contributed by atoms with Crippen molar-refractivity contribution >= 4 is 39.7 Å². The normalized spacial score (nSPS) is 13.6. The highest BCUT2D eigenvalue weighted by Crippen LogP contribution is 2.35. The summed E-state index contributed by atoms with van der Waals surface area (Å²) in [6, 6.07) is 12.3. The summed E-state index contributed by atoms with van der Waals surface area (Å²) < 4.78 is 11.7. The molecule has 1 aliphatic carbocycles. The molecule has 0 bridgehead atoms. The van der Waals surface area contributed by atoms with Crippen LogP contribution in [0.15, 0.2) is 56.1 Å². The molecule has 0 unspecified atom stereocenters. The van der Waals surface area contributed by atoms with Crippen molar-refractivity contribution in [1.82, 2.24) is 10.6 Å². The molecule has 0 aliphatic heterocycles. The van der Waals surface area contributed by atoms with Gasteiger partial charge in [0.1, 0.15) is 23.0 Å². The Morgan fingerprint density at radius 2 is 1.73 bits per heavy atom. The molecule has 2 aromatic heterocycles. The minimum absolute atomic E-state index is 0.00194. The molecule has 9 nitrogen and oxygen atoms in total. The molecule has 214 valence electrons. The molecule has 2 heterocycles. The molecule has 1 atom stereocenters. The molecule has 0 spiro atoms. The number of carboxylic acids is 1. The van der Waals surface area contributed by atoms with E-state index in [0.717, 1.165) is 58.9 Å². The molecule has 5 rings (SSSR count). The van der Waals surface area contributed by atoms with Crippen LogP contribution in [0, 0.1) is 6.92 Å². The first-order chi connectivity index (χ1) is 19.8. The quantitative estimate of drug-likeness (QED) is 0.184. The highest BCUT2D eigenvalue weighted by molar-refractivity contribution is 5.97. The van der Waals surface area contributed by atoms with E-state index in [1.165, 1.54) is 5.56 Å². The molecule has 9 heteroatoms. The average molecular weight is 559 g/mol. The summed E-state index contributed by atoms with van der Waals surface area (Å²) in [7, 11) is 0. The number of carboxylic acid groups (broad SMARTS) is 1. The monoisotopic (exact) mass is 558 g/mol. The van der Waals surface area contributed by atoms with Gasteiger partial charge in [0.2, 0.25) is 11.8 Å². The van der Waals surface area contributed by atoms with Gasteiger partial charge < -0.3 is 24.6 Å². The SMILES string of the molecule is Cc1c(CCC(=O)N[C@H](Cc2ccccc2)C(=O)NCCCC(=O)O)c(=O)oc2cc3oc4c(c3cc12)CCCC4. The summed E-state index contributed by atoms with van der Waals surface area (Å²) in [5, 5.41) is 16.2. The number of hydrogen-bond acceptors (Lipinski definition) is 6. The van der Waals surface area contributed by atoms with Gasteiger partial charge in [-0.15, -0.1) is 0 Å². The minimum atomic E-state index is -0.935. The van der Waals surface area contributed by atoms with Crippen LogP contribution in [0.3, 0.4) is 0 Å². The Morgan fingerprint density at radius 1 is 0.976 bits per heavy atom. The Hall–Kier alpha value is -4.40. The van der Waals surface area contributed by atoms with Gasteiger partial charge in [-0.2, -0.15) is 0 Å².